The molecule has 0 heterocycles. The highest BCUT2D eigenvalue weighted by atomic mass is 32.2. The lowest BCUT2D eigenvalue weighted by molar-refractivity contribution is -0.0328. The minimum absolute atomic E-state index is 0.00562. The number of rotatable bonds is 7. The van der Waals surface area contributed by atoms with Gasteiger partial charge in [-0.15, -0.1) is 0 Å². The van der Waals surface area contributed by atoms with E-state index in [0.717, 1.165) is 0 Å². The summed E-state index contributed by atoms with van der Waals surface area (Å²) < 4.78 is 50.6. The molecule has 92 valence electrons. The molecule has 0 saturated heterocycles. The first-order valence-electron chi connectivity index (χ1n) is 4.25. The lowest BCUT2D eigenvalue weighted by atomic mass is 10.6. The van der Waals surface area contributed by atoms with Gasteiger partial charge in [0, 0.05) is 33.1 Å². The molecule has 0 aromatic carbocycles. The highest BCUT2D eigenvalue weighted by molar-refractivity contribution is 8.00. The average molecular weight is 264 g/mol. The fraction of sp³-hybridized carbons (Fsp3) is 1.00. The van der Waals surface area contributed by atoms with Crippen LogP contribution in [0.25, 0.3) is 0 Å². The highest BCUT2D eigenvalue weighted by Gasteiger charge is 2.37. The molecule has 0 N–H and O–H groups in total. The molecule has 0 saturated carbocycles. The SMILES string of the molecule is CO[Si](CCCSC(F)(F)F)(OC)OC. The molecule has 0 atom stereocenters. The summed E-state index contributed by atoms with van der Waals surface area (Å²) in [6.07, 6.45) is 0.353. The second-order valence-corrected chi connectivity index (χ2v) is 6.94. The van der Waals surface area contributed by atoms with Crippen molar-refractivity contribution in [3.05, 3.63) is 0 Å². The topological polar surface area (TPSA) is 27.7 Å². The number of hydrogen-bond acceptors (Lipinski definition) is 4. The van der Waals surface area contributed by atoms with Gasteiger partial charge in [-0.2, -0.15) is 13.2 Å². The summed E-state index contributed by atoms with van der Waals surface area (Å²) in [7, 11) is 1.63. The molecule has 0 amide bonds. The Balaban J connectivity index is 3.82. The van der Waals surface area contributed by atoms with E-state index in [-0.39, 0.29) is 17.5 Å². The van der Waals surface area contributed by atoms with Crippen LogP contribution in [0.3, 0.4) is 0 Å². The summed E-state index contributed by atoms with van der Waals surface area (Å²) in [6, 6.07) is 0.388. The van der Waals surface area contributed by atoms with Gasteiger partial charge in [0.25, 0.3) is 0 Å². The molecule has 3 nitrogen and oxygen atoms in total. The van der Waals surface area contributed by atoms with Gasteiger partial charge in [0.05, 0.1) is 0 Å². The van der Waals surface area contributed by atoms with E-state index in [1.165, 1.54) is 21.3 Å². The van der Waals surface area contributed by atoms with E-state index in [4.69, 9.17) is 13.3 Å². The number of halogens is 3. The molecule has 0 aliphatic rings. The molecule has 0 fully saturated rings. The zero-order valence-electron chi connectivity index (χ0n) is 8.89. The smallest absolute Gasteiger partial charge is 0.377 e. The number of thioether (sulfide) groups is 1. The Hall–Kier alpha value is 0.237. The van der Waals surface area contributed by atoms with E-state index >= 15 is 0 Å². The maximum Gasteiger partial charge on any atom is 0.500 e. The molecular weight excluding hydrogens is 249 g/mol. The lowest BCUT2D eigenvalue weighted by Crippen LogP contribution is -2.42. The van der Waals surface area contributed by atoms with E-state index in [1.54, 1.807) is 0 Å². The predicted molar refractivity (Wildman–Crippen MR) is 54.7 cm³/mol. The van der Waals surface area contributed by atoms with Crippen molar-refractivity contribution in [1.29, 1.82) is 0 Å². The molecule has 0 aromatic rings. The summed E-state index contributed by atoms with van der Waals surface area (Å²) in [5.74, 6) is -0.00562. The van der Waals surface area contributed by atoms with Gasteiger partial charge in [0.1, 0.15) is 0 Å². The lowest BCUT2D eigenvalue weighted by Gasteiger charge is -2.24. The zero-order valence-corrected chi connectivity index (χ0v) is 10.7. The van der Waals surface area contributed by atoms with Gasteiger partial charge in [-0.25, -0.2) is 0 Å². The van der Waals surface area contributed by atoms with Crippen molar-refractivity contribution in [3.8, 4) is 0 Å². The summed E-state index contributed by atoms with van der Waals surface area (Å²) in [4.78, 5) is 0. The monoisotopic (exact) mass is 264 g/mol. The summed E-state index contributed by atoms with van der Waals surface area (Å²) in [6.45, 7) is 0. The van der Waals surface area contributed by atoms with Crippen molar-refractivity contribution in [2.24, 2.45) is 0 Å². The maximum absolute atomic E-state index is 11.8. The molecule has 0 unspecified atom stereocenters. The second kappa shape index (κ2) is 6.74. The molecule has 0 bridgehead atoms. The zero-order chi connectivity index (χ0) is 11.9. The van der Waals surface area contributed by atoms with Crippen LogP contribution in [-0.2, 0) is 13.3 Å². The molecular formula is C7H15F3O3SSi. The molecule has 0 spiro atoms. The van der Waals surface area contributed by atoms with Gasteiger partial charge < -0.3 is 13.3 Å². The molecule has 0 aliphatic carbocycles. The Bertz CT molecular complexity index is 167. The van der Waals surface area contributed by atoms with Gasteiger partial charge >= 0.3 is 14.3 Å². The first kappa shape index (κ1) is 15.2. The van der Waals surface area contributed by atoms with Crippen molar-refractivity contribution in [2.45, 2.75) is 18.0 Å². The van der Waals surface area contributed by atoms with Crippen LogP contribution in [0.5, 0.6) is 0 Å². The Morgan fingerprint density at radius 2 is 1.53 bits per heavy atom. The highest BCUT2D eigenvalue weighted by Crippen LogP contribution is 2.31. The van der Waals surface area contributed by atoms with Crippen molar-refractivity contribution in [2.75, 3.05) is 27.1 Å². The molecule has 0 rings (SSSR count). The Labute approximate surface area is 92.6 Å². The van der Waals surface area contributed by atoms with Gasteiger partial charge in [0.15, 0.2) is 0 Å². The quantitative estimate of drug-likeness (QED) is 0.521. The fourth-order valence-electron chi connectivity index (χ4n) is 1.03. The largest absolute Gasteiger partial charge is 0.500 e. The third-order valence-corrected chi connectivity index (χ3v) is 5.48. The third-order valence-electron chi connectivity index (χ3n) is 1.83. The molecule has 15 heavy (non-hydrogen) atoms. The van der Waals surface area contributed by atoms with Crippen LogP contribution in [-0.4, -0.2) is 41.4 Å². The van der Waals surface area contributed by atoms with Crippen LogP contribution >= 0.6 is 11.8 Å². The minimum Gasteiger partial charge on any atom is -0.377 e. The van der Waals surface area contributed by atoms with Gasteiger partial charge in [-0.05, 0) is 6.42 Å². The van der Waals surface area contributed by atoms with Crippen molar-refractivity contribution >= 4 is 20.6 Å². The van der Waals surface area contributed by atoms with Gasteiger partial charge in [-0.1, -0.05) is 11.8 Å². The number of alkyl halides is 3. The van der Waals surface area contributed by atoms with Crippen LogP contribution in [0, 0.1) is 0 Å². The Morgan fingerprint density at radius 1 is 1.07 bits per heavy atom. The summed E-state index contributed by atoms with van der Waals surface area (Å²) in [5.41, 5.74) is -4.17. The van der Waals surface area contributed by atoms with Gasteiger partial charge in [0.2, 0.25) is 0 Å². The first-order valence-corrected chi connectivity index (χ1v) is 7.17. The fourth-order valence-corrected chi connectivity index (χ4v) is 3.53. The van der Waals surface area contributed by atoms with Crippen molar-refractivity contribution in [3.63, 3.8) is 0 Å². The van der Waals surface area contributed by atoms with Crippen LogP contribution < -0.4 is 0 Å². The standard InChI is InChI=1S/C7H15F3O3SSi/c1-11-15(12-2,13-3)6-4-5-14-7(8,9)10/h4-6H2,1-3H3. The van der Waals surface area contributed by atoms with Crippen LogP contribution in [0.15, 0.2) is 0 Å². The van der Waals surface area contributed by atoms with E-state index in [1.807, 2.05) is 0 Å². The normalized spacial score (nSPS) is 13.2. The van der Waals surface area contributed by atoms with Crippen LogP contribution in [0.4, 0.5) is 13.2 Å². The third kappa shape index (κ3) is 6.41. The average Bonchev–Trinajstić information content (AvgIpc) is 2.18. The summed E-state index contributed by atoms with van der Waals surface area (Å²) in [5, 5.41) is 0. The first-order chi connectivity index (χ1) is 6.89. The van der Waals surface area contributed by atoms with Crippen LogP contribution in [0.1, 0.15) is 6.42 Å². The van der Waals surface area contributed by atoms with Crippen molar-refractivity contribution in [1.82, 2.24) is 0 Å². The van der Waals surface area contributed by atoms with Gasteiger partial charge in [-0.3, -0.25) is 0 Å². The molecule has 0 radical (unpaired) electrons. The van der Waals surface area contributed by atoms with E-state index in [9.17, 15) is 13.2 Å². The molecule has 8 heteroatoms. The maximum atomic E-state index is 11.8. The van der Waals surface area contributed by atoms with E-state index in [2.05, 4.69) is 0 Å². The van der Waals surface area contributed by atoms with Crippen molar-refractivity contribution < 1.29 is 26.4 Å². The Morgan fingerprint density at radius 3 is 1.87 bits per heavy atom. The summed E-state index contributed by atoms with van der Waals surface area (Å²) >= 11 is -0.0387. The van der Waals surface area contributed by atoms with E-state index in [0.29, 0.717) is 12.5 Å². The molecule has 0 aromatic heterocycles. The predicted octanol–water partition coefficient (Wildman–Crippen LogP) is 2.51. The van der Waals surface area contributed by atoms with E-state index < -0.39 is 14.3 Å². The second-order valence-electron chi connectivity index (χ2n) is 2.69. The number of hydrogen-bond donors (Lipinski definition) is 0. The van der Waals surface area contributed by atoms with Crippen LogP contribution in [0.2, 0.25) is 6.04 Å². The molecule has 0 aliphatic heterocycles. The Kier molecular flexibility index (Phi) is 6.85. The minimum atomic E-state index is -4.17.